The van der Waals surface area contributed by atoms with Crippen molar-refractivity contribution >= 4 is 40.2 Å². The Kier molecular flexibility index (Phi) is 5.83. The summed E-state index contributed by atoms with van der Waals surface area (Å²) in [5.74, 6) is 0.672. The Labute approximate surface area is 196 Å². The molecule has 1 N–H and O–H groups in total. The van der Waals surface area contributed by atoms with E-state index in [1.54, 1.807) is 25.6 Å². The highest BCUT2D eigenvalue weighted by molar-refractivity contribution is 6.31. The summed E-state index contributed by atoms with van der Waals surface area (Å²) in [4.78, 5) is 30.3. The topological polar surface area (TPSA) is 79.2 Å². The SMILES string of the molecule is CNc1ncc(-c2cc(Cl)ccc2N2CCN(C(=O)Cn3ccc4cccnc43)CC2)cn1. The summed E-state index contributed by atoms with van der Waals surface area (Å²) in [6.07, 6.45) is 7.27. The molecule has 4 heterocycles. The van der Waals surface area contributed by atoms with Gasteiger partial charge in [-0.15, -0.1) is 0 Å². The maximum Gasteiger partial charge on any atom is 0.242 e. The number of halogens is 1. The molecule has 168 valence electrons. The number of rotatable bonds is 5. The zero-order valence-electron chi connectivity index (χ0n) is 18.3. The second-order valence-corrected chi connectivity index (χ2v) is 8.37. The fourth-order valence-corrected chi connectivity index (χ4v) is 4.37. The van der Waals surface area contributed by atoms with Gasteiger partial charge in [0.05, 0.1) is 0 Å². The van der Waals surface area contributed by atoms with Crippen LogP contribution >= 0.6 is 11.6 Å². The smallest absolute Gasteiger partial charge is 0.242 e. The largest absolute Gasteiger partial charge is 0.367 e. The third-order valence-electron chi connectivity index (χ3n) is 5.95. The van der Waals surface area contributed by atoms with E-state index < -0.39 is 0 Å². The predicted octanol–water partition coefficient (Wildman–Crippen LogP) is 3.54. The molecule has 0 unspecified atom stereocenters. The number of hydrogen-bond donors (Lipinski definition) is 1. The molecular weight excluding hydrogens is 438 g/mol. The molecule has 0 atom stereocenters. The van der Waals surface area contributed by atoms with E-state index in [9.17, 15) is 4.79 Å². The van der Waals surface area contributed by atoms with Gasteiger partial charge in [0.15, 0.2) is 0 Å². The highest BCUT2D eigenvalue weighted by atomic mass is 35.5. The summed E-state index contributed by atoms with van der Waals surface area (Å²) in [5, 5.41) is 4.63. The number of piperazine rings is 1. The molecule has 5 rings (SSSR count). The maximum atomic E-state index is 13.0. The monoisotopic (exact) mass is 461 g/mol. The first-order chi connectivity index (χ1) is 16.1. The van der Waals surface area contributed by atoms with Gasteiger partial charge >= 0.3 is 0 Å². The van der Waals surface area contributed by atoms with Crippen LogP contribution in [0.15, 0.2) is 61.2 Å². The molecule has 1 aliphatic heterocycles. The summed E-state index contributed by atoms with van der Waals surface area (Å²) in [5.41, 5.74) is 3.78. The lowest BCUT2D eigenvalue weighted by atomic mass is 10.1. The van der Waals surface area contributed by atoms with Gasteiger partial charge in [-0.25, -0.2) is 15.0 Å². The maximum absolute atomic E-state index is 13.0. The molecule has 8 nitrogen and oxygen atoms in total. The number of anilines is 2. The van der Waals surface area contributed by atoms with Gasteiger partial charge in [-0.3, -0.25) is 4.79 Å². The van der Waals surface area contributed by atoms with Gasteiger partial charge in [0.25, 0.3) is 0 Å². The first-order valence-corrected chi connectivity index (χ1v) is 11.2. The van der Waals surface area contributed by atoms with Crippen LogP contribution in [0.2, 0.25) is 5.02 Å². The van der Waals surface area contributed by atoms with Crippen LogP contribution in [0.1, 0.15) is 0 Å². The Bertz CT molecular complexity index is 1280. The summed E-state index contributed by atoms with van der Waals surface area (Å²) >= 11 is 6.31. The van der Waals surface area contributed by atoms with E-state index in [0.29, 0.717) is 30.6 Å². The summed E-state index contributed by atoms with van der Waals surface area (Å²) < 4.78 is 1.91. The number of nitrogens with zero attached hydrogens (tertiary/aromatic N) is 6. The van der Waals surface area contributed by atoms with E-state index in [1.807, 2.05) is 52.1 Å². The summed E-state index contributed by atoms with van der Waals surface area (Å²) in [7, 11) is 1.79. The van der Waals surface area contributed by atoms with Crippen LogP contribution in [0.4, 0.5) is 11.6 Å². The van der Waals surface area contributed by atoms with Crippen molar-refractivity contribution in [2.75, 3.05) is 43.4 Å². The molecule has 0 aliphatic carbocycles. The number of hydrogen-bond acceptors (Lipinski definition) is 6. The van der Waals surface area contributed by atoms with Gasteiger partial charge in [0, 0.05) is 85.2 Å². The van der Waals surface area contributed by atoms with Crippen LogP contribution in [0.3, 0.4) is 0 Å². The molecule has 1 aromatic carbocycles. The molecule has 1 fully saturated rings. The van der Waals surface area contributed by atoms with Gasteiger partial charge < -0.3 is 19.7 Å². The van der Waals surface area contributed by atoms with Crippen molar-refractivity contribution in [1.82, 2.24) is 24.4 Å². The van der Waals surface area contributed by atoms with Crippen molar-refractivity contribution < 1.29 is 4.79 Å². The lowest BCUT2D eigenvalue weighted by Gasteiger charge is -2.37. The van der Waals surface area contributed by atoms with Crippen molar-refractivity contribution in [3.8, 4) is 11.1 Å². The van der Waals surface area contributed by atoms with Gasteiger partial charge in [0.1, 0.15) is 12.2 Å². The van der Waals surface area contributed by atoms with Crippen LogP contribution in [-0.2, 0) is 11.3 Å². The molecule has 0 bridgehead atoms. The van der Waals surface area contributed by atoms with Crippen molar-refractivity contribution in [3.05, 3.63) is 66.2 Å². The number of nitrogens with one attached hydrogen (secondary N) is 1. The van der Waals surface area contributed by atoms with Crippen LogP contribution < -0.4 is 10.2 Å². The molecule has 1 saturated heterocycles. The third-order valence-corrected chi connectivity index (χ3v) is 6.18. The second-order valence-electron chi connectivity index (χ2n) is 7.93. The summed E-state index contributed by atoms with van der Waals surface area (Å²) in [6.45, 7) is 3.08. The number of amides is 1. The van der Waals surface area contributed by atoms with E-state index in [4.69, 9.17) is 11.6 Å². The molecule has 33 heavy (non-hydrogen) atoms. The number of fused-ring (bicyclic) bond motifs is 1. The van der Waals surface area contributed by atoms with E-state index in [2.05, 4.69) is 25.2 Å². The number of carbonyl (C=O) groups is 1. The Morgan fingerprint density at radius 1 is 1.06 bits per heavy atom. The van der Waals surface area contributed by atoms with Crippen LogP contribution in [0.5, 0.6) is 0 Å². The predicted molar refractivity (Wildman–Crippen MR) is 131 cm³/mol. The number of pyridine rings is 1. The minimum atomic E-state index is 0.102. The lowest BCUT2D eigenvalue weighted by Crippen LogP contribution is -2.49. The minimum Gasteiger partial charge on any atom is -0.367 e. The molecular formula is C24H24ClN7O. The van der Waals surface area contributed by atoms with E-state index in [0.717, 1.165) is 40.9 Å². The van der Waals surface area contributed by atoms with E-state index in [1.165, 1.54) is 0 Å². The van der Waals surface area contributed by atoms with Crippen LogP contribution in [0, 0.1) is 0 Å². The standard InChI is InChI=1S/C24H24ClN7O/c1-26-24-28-14-18(15-29-24)20-13-19(25)4-5-21(20)30-9-11-31(12-10-30)22(33)16-32-8-6-17-3-2-7-27-23(17)32/h2-8,13-15H,9-12,16H2,1H3,(H,26,28,29). The average molecular weight is 462 g/mol. The first-order valence-electron chi connectivity index (χ1n) is 10.8. The van der Waals surface area contributed by atoms with Crippen molar-refractivity contribution in [2.45, 2.75) is 6.54 Å². The zero-order valence-corrected chi connectivity index (χ0v) is 19.0. The number of benzene rings is 1. The molecule has 9 heteroatoms. The first kappa shape index (κ1) is 21.2. The van der Waals surface area contributed by atoms with Crippen molar-refractivity contribution in [1.29, 1.82) is 0 Å². The molecule has 3 aromatic heterocycles. The Balaban J connectivity index is 1.29. The van der Waals surface area contributed by atoms with Crippen LogP contribution in [0.25, 0.3) is 22.2 Å². The second kappa shape index (κ2) is 9.07. The minimum absolute atomic E-state index is 0.102. The number of aromatic nitrogens is 4. The van der Waals surface area contributed by atoms with E-state index >= 15 is 0 Å². The van der Waals surface area contributed by atoms with Crippen molar-refractivity contribution in [3.63, 3.8) is 0 Å². The molecule has 0 saturated carbocycles. The molecule has 1 aliphatic rings. The van der Waals surface area contributed by atoms with Crippen LogP contribution in [-0.4, -0.2) is 63.6 Å². The Hall–Kier alpha value is -3.65. The highest BCUT2D eigenvalue weighted by Crippen LogP contribution is 2.33. The van der Waals surface area contributed by atoms with Gasteiger partial charge in [0.2, 0.25) is 11.9 Å². The van der Waals surface area contributed by atoms with E-state index in [-0.39, 0.29) is 5.91 Å². The van der Waals surface area contributed by atoms with Gasteiger partial charge in [-0.1, -0.05) is 11.6 Å². The normalized spacial score (nSPS) is 14.0. The summed E-state index contributed by atoms with van der Waals surface area (Å²) in [6, 6.07) is 11.8. The fraction of sp³-hybridized carbons (Fsp3) is 0.250. The third kappa shape index (κ3) is 4.34. The zero-order chi connectivity index (χ0) is 22.8. The molecule has 0 spiro atoms. The Morgan fingerprint density at radius 3 is 2.61 bits per heavy atom. The Morgan fingerprint density at radius 2 is 1.85 bits per heavy atom. The lowest BCUT2D eigenvalue weighted by molar-refractivity contribution is -0.132. The van der Waals surface area contributed by atoms with Gasteiger partial charge in [-0.05, 0) is 36.4 Å². The quantitative estimate of drug-likeness (QED) is 0.489. The molecule has 0 radical (unpaired) electrons. The average Bonchev–Trinajstić information content (AvgIpc) is 3.27. The highest BCUT2D eigenvalue weighted by Gasteiger charge is 2.24. The van der Waals surface area contributed by atoms with Crippen molar-refractivity contribution in [2.24, 2.45) is 0 Å². The molecule has 1 amide bonds. The number of carbonyl (C=O) groups excluding carboxylic acids is 1. The van der Waals surface area contributed by atoms with Gasteiger partial charge in [-0.2, -0.15) is 0 Å². The molecule has 4 aromatic rings. The fourth-order valence-electron chi connectivity index (χ4n) is 4.20.